The van der Waals surface area contributed by atoms with Crippen LogP contribution in [0, 0.1) is 10.1 Å². The number of nitrogens with zero attached hydrogens (tertiary/aromatic N) is 2. The average molecular weight is 389 g/mol. The number of benzene rings is 1. The first-order valence-corrected chi connectivity index (χ1v) is 9.42. The summed E-state index contributed by atoms with van der Waals surface area (Å²) >= 11 is 0. The number of nitrogens with one attached hydrogen (secondary N) is 1. The molecule has 0 spiro atoms. The average Bonchev–Trinajstić information content (AvgIpc) is 2.92. The summed E-state index contributed by atoms with van der Waals surface area (Å²) in [7, 11) is 0. The van der Waals surface area contributed by atoms with Gasteiger partial charge in [0.25, 0.3) is 11.6 Å². The van der Waals surface area contributed by atoms with E-state index in [0.29, 0.717) is 11.3 Å². The van der Waals surface area contributed by atoms with Crippen molar-refractivity contribution in [2.24, 2.45) is 5.16 Å². The molecule has 1 aliphatic heterocycles. The van der Waals surface area contributed by atoms with Gasteiger partial charge in [-0.25, -0.2) is 0 Å². The van der Waals surface area contributed by atoms with Gasteiger partial charge < -0.3 is 15.3 Å². The van der Waals surface area contributed by atoms with Gasteiger partial charge in [0.05, 0.1) is 17.1 Å². The predicted molar refractivity (Wildman–Crippen MR) is 100.0 cm³/mol. The summed E-state index contributed by atoms with van der Waals surface area (Å²) < 4.78 is 0. The fourth-order valence-corrected chi connectivity index (χ4v) is 3.71. The number of non-ortho nitro benzene ring substituents is 1. The van der Waals surface area contributed by atoms with E-state index >= 15 is 0 Å². The molecule has 3 rings (SSSR count). The number of nitro benzene ring substituents is 1. The van der Waals surface area contributed by atoms with Crippen LogP contribution in [0.4, 0.5) is 5.69 Å². The summed E-state index contributed by atoms with van der Waals surface area (Å²) in [5.74, 6) is -1.67. The number of amides is 1. The first kappa shape index (κ1) is 19.8. The molecule has 0 saturated heterocycles. The second-order valence-electron chi connectivity index (χ2n) is 7.34. The lowest BCUT2D eigenvalue weighted by Crippen LogP contribution is -2.51. The molecule has 0 aromatic heterocycles. The Hall–Kier alpha value is -2.97. The van der Waals surface area contributed by atoms with Gasteiger partial charge in [0.2, 0.25) is 5.60 Å². The molecule has 1 atom stereocenters. The fraction of sp³-hybridized carbons (Fsp3) is 0.526. The highest BCUT2D eigenvalue weighted by molar-refractivity contribution is 6.06. The van der Waals surface area contributed by atoms with E-state index in [1.165, 1.54) is 18.2 Å². The predicted octanol–water partition coefficient (Wildman–Crippen LogP) is 2.77. The maximum atomic E-state index is 13.0. The Bertz CT molecular complexity index is 801. The Morgan fingerprint density at radius 1 is 1.29 bits per heavy atom. The third kappa shape index (κ3) is 4.47. The molecule has 9 nitrogen and oxygen atoms in total. The lowest BCUT2D eigenvalue weighted by molar-refractivity contribution is -0.384. The van der Waals surface area contributed by atoms with Gasteiger partial charge in [-0.15, -0.1) is 0 Å². The van der Waals surface area contributed by atoms with Crippen LogP contribution < -0.4 is 5.32 Å². The first-order valence-electron chi connectivity index (χ1n) is 9.42. The van der Waals surface area contributed by atoms with Crippen molar-refractivity contribution in [3.63, 3.8) is 0 Å². The van der Waals surface area contributed by atoms with Crippen molar-refractivity contribution >= 4 is 23.3 Å². The van der Waals surface area contributed by atoms with Crippen LogP contribution in [0.5, 0.6) is 0 Å². The smallest absolute Gasteiger partial charge is 0.308 e. The number of hydrogen-bond donors (Lipinski definition) is 2. The zero-order chi connectivity index (χ0) is 20.1. The van der Waals surface area contributed by atoms with Crippen LogP contribution in [0.25, 0.3) is 0 Å². The minimum Gasteiger partial charge on any atom is -0.481 e. The van der Waals surface area contributed by atoms with Gasteiger partial charge in [0.1, 0.15) is 0 Å². The third-order valence-electron chi connectivity index (χ3n) is 5.21. The van der Waals surface area contributed by atoms with Gasteiger partial charge >= 0.3 is 5.97 Å². The quantitative estimate of drug-likeness (QED) is 0.437. The number of carboxylic acids is 1. The molecule has 1 amide bonds. The van der Waals surface area contributed by atoms with Crippen LogP contribution in [0.2, 0.25) is 0 Å². The van der Waals surface area contributed by atoms with Gasteiger partial charge in [-0.2, -0.15) is 0 Å². The van der Waals surface area contributed by atoms with Gasteiger partial charge in [-0.05, 0) is 12.8 Å². The van der Waals surface area contributed by atoms with Gasteiger partial charge in [0, 0.05) is 30.2 Å². The van der Waals surface area contributed by atoms with Crippen LogP contribution in [0.15, 0.2) is 29.4 Å². The Morgan fingerprint density at radius 3 is 2.64 bits per heavy atom. The van der Waals surface area contributed by atoms with Crippen molar-refractivity contribution < 1.29 is 24.5 Å². The highest BCUT2D eigenvalue weighted by Gasteiger charge is 2.49. The van der Waals surface area contributed by atoms with E-state index < -0.39 is 28.8 Å². The lowest BCUT2D eigenvalue weighted by atomic mass is 9.89. The van der Waals surface area contributed by atoms with E-state index in [1.54, 1.807) is 6.07 Å². The number of rotatable bonds is 6. The molecule has 150 valence electrons. The van der Waals surface area contributed by atoms with Gasteiger partial charge in [0.15, 0.2) is 0 Å². The Kier molecular flexibility index (Phi) is 5.91. The third-order valence-corrected chi connectivity index (χ3v) is 5.21. The molecule has 28 heavy (non-hydrogen) atoms. The number of nitro groups is 1. The molecule has 1 heterocycles. The number of carbonyl (C=O) groups is 2. The molecule has 0 unspecified atom stereocenters. The normalized spacial score (nSPS) is 22.6. The molecule has 1 aliphatic carbocycles. The van der Waals surface area contributed by atoms with E-state index in [4.69, 9.17) is 4.84 Å². The number of oxime groups is 1. The van der Waals surface area contributed by atoms with Crippen LogP contribution in [-0.2, 0) is 14.4 Å². The number of carbonyl (C=O) groups excluding carboxylic acids is 1. The van der Waals surface area contributed by atoms with Crippen molar-refractivity contribution in [2.45, 2.75) is 63.0 Å². The molecule has 2 N–H and O–H groups in total. The molecule has 0 radical (unpaired) electrons. The van der Waals surface area contributed by atoms with Crippen molar-refractivity contribution in [1.29, 1.82) is 0 Å². The second kappa shape index (κ2) is 8.37. The van der Waals surface area contributed by atoms with Crippen molar-refractivity contribution in [3.8, 4) is 0 Å². The van der Waals surface area contributed by atoms with E-state index in [1.807, 2.05) is 0 Å². The number of aliphatic carboxylic acids is 1. The van der Waals surface area contributed by atoms with E-state index in [0.717, 1.165) is 38.5 Å². The van der Waals surface area contributed by atoms with Crippen LogP contribution in [-0.4, -0.2) is 39.3 Å². The Labute approximate surface area is 161 Å². The maximum absolute atomic E-state index is 13.0. The highest BCUT2D eigenvalue weighted by Crippen LogP contribution is 2.32. The fourth-order valence-electron chi connectivity index (χ4n) is 3.71. The molecule has 9 heteroatoms. The molecular weight excluding hydrogens is 366 g/mol. The largest absolute Gasteiger partial charge is 0.481 e. The minimum absolute atomic E-state index is 0.00821. The van der Waals surface area contributed by atoms with Crippen LogP contribution in [0.3, 0.4) is 0 Å². The van der Waals surface area contributed by atoms with Crippen LogP contribution in [0.1, 0.15) is 56.9 Å². The van der Waals surface area contributed by atoms with Crippen molar-refractivity contribution in [3.05, 3.63) is 39.9 Å². The zero-order valence-corrected chi connectivity index (χ0v) is 15.4. The SMILES string of the molecule is O=C(O)C[C@@]1(C(=O)NC2CCCCCC2)CC(c2cccc([N+](=O)[O-])c2)=NO1. The van der Waals surface area contributed by atoms with E-state index in [9.17, 15) is 24.8 Å². The summed E-state index contributed by atoms with van der Waals surface area (Å²) in [6.07, 6.45) is 5.42. The zero-order valence-electron chi connectivity index (χ0n) is 15.4. The summed E-state index contributed by atoms with van der Waals surface area (Å²) in [5.41, 5.74) is -0.999. The maximum Gasteiger partial charge on any atom is 0.308 e. The summed E-state index contributed by atoms with van der Waals surface area (Å²) in [5, 5.41) is 27.2. The Morgan fingerprint density at radius 2 is 2.00 bits per heavy atom. The summed E-state index contributed by atoms with van der Waals surface area (Å²) in [4.78, 5) is 40.2. The number of hydrogen-bond acceptors (Lipinski definition) is 6. The van der Waals surface area contributed by atoms with Gasteiger partial charge in [-0.1, -0.05) is 43.0 Å². The molecular formula is C19H23N3O6. The monoisotopic (exact) mass is 389 g/mol. The molecule has 2 aliphatic rings. The topological polar surface area (TPSA) is 131 Å². The van der Waals surface area contributed by atoms with Crippen LogP contribution >= 0.6 is 0 Å². The Balaban J connectivity index is 1.77. The van der Waals surface area contributed by atoms with Crippen molar-refractivity contribution in [1.82, 2.24) is 5.32 Å². The molecule has 1 fully saturated rings. The summed E-state index contributed by atoms with van der Waals surface area (Å²) in [6, 6.07) is 5.81. The standard InChI is InChI=1S/C19H23N3O6/c23-17(24)12-19(18(25)20-14-7-3-1-2-4-8-14)11-16(21-28-19)13-6-5-9-15(10-13)22(26)27/h5-6,9-10,14H,1-4,7-8,11-12H2,(H,20,25)(H,23,24)/t19-/m1/s1. The molecule has 0 bridgehead atoms. The first-order chi connectivity index (χ1) is 13.4. The van der Waals surface area contributed by atoms with E-state index in [2.05, 4.69) is 10.5 Å². The molecule has 1 saturated carbocycles. The van der Waals surface area contributed by atoms with E-state index in [-0.39, 0.29) is 18.2 Å². The van der Waals surface area contributed by atoms with Gasteiger partial charge in [-0.3, -0.25) is 19.7 Å². The lowest BCUT2D eigenvalue weighted by Gasteiger charge is -2.26. The second-order valence-corrected chi connectivity index (χ2v) is 7.34. The summed E-state index contributed by atoms with van der Waals surface area (Å²) in [6.45, 7) is 0. The van der Waals surface area contributed by atoms with Crippen molar-refractivity contribution in [2.75, 3.05) is 0 Å². The number of carboxylic acid groups (broad SMARTS) is 1. The molecule has 1 aromatic carbocycles. The highest BCUT2D eigenvalue weighted by atomic mass is 16.7. The molecule has 1 aromatic rings. The minimum atomic E-state index is -1.64.